The van der Waals surface area contributed by atoms with Gasteiger partial charge in [-0.05, 0) is 25.5 Å². The number of carbonyl (C=O) groups excluding carboxylic acids is 1. The second kappa shape index (κ2) is 3.57. The van der Waals surface area contributed by atoms with Crippen molar-refractivity contribution in [1.82, 2.24) is 0 Å². The number of carbonyl (C=O) groups is 1. The van der Waals surface area contributed by atoms with E-state index in [1.807, 2.05) is 13.0 Å². The smallest absolute Gasteiger partial charge is 0.163 e. The Balaban J connectivity index is 2.50. The van der Waals surface area contributed by atoms with Crippen LogP contribution in [0.25, 0.3) is 0 Å². The molecule has 0 spiro atoms. The fourth-order valence-corrected chi connectivity index (χ4v) is 1.89. The fourth-order valence-electron chi connectivity index (χ4n) is 1.89. The highest BCUT2D eigenvalue weighted by Gasteiger charge is 2.22. The molecule has 15 heavy (non-hydrogen) atoms. The first-order chi connectivity index (χ1) is 7.11. The number of rotatable bonds is 2. The summed E-state index contributed by atoms with van der Waals surface area (Å²) in [5.74, 6) is 1.45. The number of hydrogen-bond acceptors (Lipinski definition) is 3. The predicted molar refractivity (Wildman–Crippen MR) is 56.8 cm³/mol. The van der Waals surface area contributed by atoms with Gasteiger partial charge in [0.1, 0.15) is 17.6 Å². The Morgan fingerprint density at radius 2 is 2.27 bits per heavy atom. The van der Waals surface area contributed by atoms with Gasteiger partial charge >= 0.3 is 0 Å². The molecular formula is C12H14O3. The van der Waals surface area contributed by atoms with Gasteiger partial charge in [-0.1, -0.05) is 0 Å². The van der Waals surface area contributed by atoms with Gasteiger partial charge in [0.2, 0.25) is 0 Å². The first-order valence-corrected chi connectivity index (χ1v) is 5.00. The number of fused-ring (bicyclic) bond motifs is 1. The van der Waals surface area contributed by atoms with E-state index < -0.39 is 0 Å². The minimum absolute atomic E-state index is 0.0224. The molecule has 1 atom stereocenters. The van der Waals surface area contributed by atoms with Gasteiger partial charge in [-0.15, -0.1) is 0 Å². The molecule has 1 aromatic carbocycles. The van der Waals surface area contributed by atoms with Crippen molar-refractivity contribution in [1.29, 1.82) is 0 Å². The summed E-state index contributed by atoms with van der Waals surface area (Å²) in [5.41, 5.74) is 1.72. The van der Waals surface area contributed by atoms with Gasteiger partial charge in [0.05, 0.1) is 12.7 Å². The third-order valence-electron chi connectivity index (χ3n) is 2.60. The summed E-state index contributed by atoms with van der Waals surface area (Å²) in [7, 11) is 1.56. The summed E-state index contributed by atoms with van der Waals surface area (Å²) < 4.78 is 10.8. The van der Waals surface area contributed by atoms with Crippen molar-refractivity contribution < 1.29 is 14.3 Å². The number of benzene rings is 1. The zero-order valence-corrected chi connectivity index (χ0v) is 9.16. The minimum Gasteiger partial charge on any atom is -0.496 e. The molecule has 0 aromatic heterocycles. The molecule has 0 aliphatic carbocycles. The van der Waals surface area contributed by atoms with E-state index in [0.29, 0.717) is 11.3 Å². The minimum atomic E-state index is 0.0224. The van der Waals surface area contributed by atoms with Crippen LogP contribution in [0.15, 0.2) is 12.1 Å². The number of hydrogen-bond donors (Lipinski definition) is 0. The molecule has 0 amide bonds. The van der Waals surface area contributed by atoms with Crippen LogP contribution in [0.5, 0.6) is 11.5 Å². The maximum atomic E-state index is 11.4. The summed E-state index contributed by atoms with van der Waals surface area (Å²) in [5, 5.41) is 0. The van der Waals surface area contributed by atoms with Crippen molar-refractivity contribution >= 4 is 5.78 Å². The van der Waals surface area contributed by atoms with E-state index in [2.05, 4.69) is 0 Å². The Bertz CT molecular complexity index is 410. The quantitative estimate of drug-likeness (QED) is 0.696. The van der Waals surface area contributed by atoms with Crippen LogP contribution in [0.1, 0.15) is 29.8 Å². The Hall–Kier alpha value is -1.51. The molecule has 0 radical (unpaired) electrons. The van der Waals surface area contributed by atoms with Gasteiger partial charge in [-0.2, -0.15) is 0 Å². The van der Waals surface area contributed by atoms with Crippen LogP contribution in [0.3, 0.4) is 0 Å². The Morgan fingerprint density at radius 1 is 1.53 bits per heavy atom. The standard InChI is InChI=1S/C12H14O3/c1-7-4-9-5-10(8(2)13)12(14-3)6-11(9)15-7/h5-7H,4H2,1-3H3. The van der Waals surface area contributed by atoms with Crippen LogP contribution in [-0.4, -0.2) is 19.0 Å². The van der Waals surface area contributed by atoms with Gasteiger partial charge in [-0.25, -0.2) is 0 Å². The van der Waals surface area contributed by atoms with E-state index >= 15 is 0 Å². The van der Waals surface area contributed by atoms with Gasteiger partial charge in [0, 0.05) is 12.5 Å². The molecule has 1 aliphatic rings. The van der Waals surface area contributed by atoms with Crippen LogP contribution in [0.2, 0.25) is 0 Å². The highest BCUT2D eigenvalue weighted by Crippen LogP contribution is 2.35. The lowest BCUT2D eigenvalue weighted by atomic mass is 10.0. The first kappa shape index (κ1) is 10.0. The second-order valence-electron chi connectivity index (χ2n) is 3.85. The lowest BCUT2D eigenvalue weighted by molar-refractivity contribution is 0.101. The largest absolute Gasteiger partial charge is 0.496 e. The molecule has 0 bridgehead atoms. The molecule has 1 unspecified atom stereocenters. The van der Waals surface area contributed by atoms with Crippen LogP contribution in [0, 0.1) is 0 Å². The SMILES string of the molecule is COc1cc2c(cc1C(C)=O)CC(C)O2. The van der Waals surface area contributed by atoms with Crippen LogP contribution >= 0.6 is 0 Å². The van der Waals surface area contributed by atoms with Crippen molar-refractivity contribution in [2.75, 3.05) is 7.11 Å². The summed E-state index contributed by atoms with van der Waals surface area (Å²) >= 11 is 0. The average Bonchev–Trinajstić information content (AvgIpc) is 2.54. The van der Waals surface area contributed by atoms with Crippen molar-refractivity contribution in [2.45, 2.75) is 26.4 Å². The average molecular weight is 206 g/mol. The molecule has 80 valence electrons. The molecule has 1 aromatic rings. The Morgan fingerprint density at radius 3 is 2.87 bits per heavy atom. The van der Waals surface area contributed by atoms with Crippen molar-refractivity contribution in [3.63, 3.8) is 0 Å². The Labute approximate surface area is 89.0 Å². The summed E-state index contributed by atoms with van der Waals surface area (Å²) in [4.78, 5) is 11.4. The highest BCUT2D eigenvalue weighted by atomic mass is 16.5. The van der Waals surface area contributed by atoms with Gasteiger partial charge in [-0.3, -0.25) is 4.79 Å². The zero-order chi connectivity index (χ0) is 11.0. The number of ether oxygens (including phenoxy) is 2. The molecule has 3 heteroatoms. The third kappa shape index (κ3) is 1.69. The molecule has 0 saturated carbocycles. The zero-order valence-electron chi connectivity index (χ0n) is 9.16. The number of methoxy groups -OCH3 is 1. The lowest BCUT2D eigenvalue weighted by Crippen LogP contribution is -2.05. The fraction of sp³-hybridized carbons (Fsp3) is 0.417. The third-order valence-corrected chi connectivity index (χ3v) is 2.60. The van der Waals surface area contributed by atoms with Crippen molar-refractivity contribution in [3.8, 4) is 11.5 Å². The normalized spacial score (nSPS) is 18.2. The predicted octanol–water partition coefficient (Wildman–Crippen LogP) is 2.22. The summed E-state index contributed by atoms with van der Waals surface area (Å²) in [6.45, 7) is 3.56. The molecule has 1 aliphatic heterocycles. The number of ketones is 1. The lowest BCUT2D eigenvalue weighted by Gasteiger charge is -2.08. The molecule has 0 fully saturated rings. The summed E-state index contributed by atoms with van der Waals surface area (Å²) in [6, 6.07) is 3.68. The van der Waals surface area contributed by atoms with Gasteiger partial charge < -0.3 is 9.47 Å². The monoisotopic (exact) mass is 206 g/mol. The molecule has 0 saturated heterocycles. The topological polar surface area (TPSA) is 35.5 Å². The molecule has 1 heterocycles. The van der Waals surface area contributed by atoms with E-state index in [4.69, 9.17) is 9.47 Å². The molecule has 2 rings (SSSR count). The van der Waals surface area contributed by atoms with Gasteiger partial charge in [0.25, 0.3) is 0 Å². The van der Waals surface area contributed by atoms with Gasteiger partial charge in [0.15, 0.2) is 5.78 Å². The highest BCUT2D eigenvalue weighted by molar-refractivity contribution is 5.97. The van der Waals surface area contributed by atoms with Crippen LogP contribution in [-0.2, 0) is 6.42 Å². The van der Waals surface area contributed by atoms with E-state index in [1.54, 1.807) is 20.1 Å². The van der Waals surface area contributed by atoms with Crippen molar-refractivity contribution in [2.24, 2.45) is 0 Å². The van der Waals surface area contributed by atoms with Crippen molar-refractivity contribution in [3.05, 3.63) is 23.3 Å². The van der Waals surface area contributed by atoms with E-state index in [9.17, 15) is 4.79 Å². The second-order valence-corrected chi connectivity index (χ2v) is 3.85. The van der Waals surface area contributed by atoms with E-state index in [1.165, 1.54) is 0 Å². The molecule has 3 nitrogen and oxygen atoms in total. The summed E-state index contributed by atoms with van der Waals surface area (Å²) in [6.07, 6.45) is 1.05. The maximum absolute atomic E-state index is 11.4. The first-order valence-electron chi connectivity index (χ1n) is 5.00. The van der Waals surface area contributed by atoms with E-state index in [0.717, 1.165) is 17.7 Å². The number of Topliss-reactive ketones (excluding diaryl/α,β-unsaturated/α-hetero) is 1. The maximum Gasteiger partial charge on any atom is 0.163 e. The van der Waals surface area contributed by atoms with Crippen LogP contribution < -0.4 is 9.47 Å². The Kier molecular flexibility index (Phi) is 2.39. The van der Waals surface area contributed by atoms with E-state index in [-0.39, 0.29) is 11.9 Å². The molecule has 0 N–H and O–H groups in total. The molecular weight excluding hydrogens is 192 g/mol. The van der Waals surface area contributed by atoms with Crippen LogP contribution in [0.4, 0.5) is 0 Å².